The van der Waals surface area contributed by atoms with Crippen LogP contribution in [-0.2, 0) is 6.42 Å². The first-order valence-electron chi connectivity index (χ1n) is 6.69. The highest BCUT2D eigenvalue weighted by atomic mass is 16.6. The maximum absolute atomic E-state index is 10.9. The van der Waals surface area contributed by atoms with Crippen LogP contribution in [0.25, 0.3) is 5.65 Å². The van der Waals surface area contributed by atoms with Crippen LogP contribution in [0, 0.1) is 28.4 Å². The summed E-state index contributed by atoms with van der Waals surface area (Å²) < 4.78 is 1.47. The van der Waals surface area contributed by atoms with Crippen molar-refractivity contribution >= 4 is 11.3 Å². The van der Waals surface area contributed by atoms with Crippen LogP contribution < -0.4 is 0 Å². The third kappa shape index (κ3) is 2.40. The molecule has 0 spiro atoms. The van der Waals surface area contributed by atoms with Crippen LogP contribution >= 0.6 is 0 Å². The number of fused-ring (bicyclic) bond motifs is 1. The van der Waals surface area contributed by atoms with Gasteiger partial charge < -0.3 is 0 Å². The largest absolute Gasteiger partial charge is 0.286 e. The van der Waals surface area contributed by atoms with Gasteiger partial charge in [0.1, 0.15) is 17.4 Å². The molecular formula is C16H12N4O2. The number of nitrogens with zero attached hydrogens (tertiary/aromatic N) is 4. The van der Waals surface area contributed by atoms with E-state index in [4.69, 9.17) is 0 Å². The van der Waals surface area contributed by atoms with Crippen LogP contribution in [0.2, 0.25) is 0 Å². The smallest absolute Gasteiger partial charge is 0.284 e. The third-order valence-electron chi connectivity index (χ3n) is 3.48. The summed E-state index contributed by atoms with van der Waals surface area (Å²) in [6.45, 7) is 2.01. The fourth-order valence-corrected chi connectivity index (χ4v) is 2.33. The first-order valence-corrected chi connectivity index (χ1v) is 6.69. The van der Waals surface area contributed by atoms with Gasteiger partial charge in [-0.15, -0.1) is 0 Å². The fourth-order valence-electron chi connectivity index (χ4n) is 2.33. The average molecular weight is 292 g/mol. The summed E-state index contributed by atoms with van der Waals surface area (Å²) in [5, 5.41) is 20.2. The minimum absolute atomic E-state index is 0.0664. The zero-order valence-electron chi connectivity index (χ0n) is 11.9. The molecule has 2 heterocycles. The van der Waals surface area contributed by atoms with Gasteiger partial charge in [0.2, 0.25) is 0 Å². The van der Waals surface area contributed by atoms with Crippen molar-refractivity contribution < 1.29 is 4.92 Å². The van der Waals surface area contributed by atoms with Gasteiger partial charge in [0.15, 0.2) is 0 Å². The molecule has 0 aliphatic rings. The van der Waals surface area contributed by atoms with E-state index in [0.29, 0.717) is 23.5 Å². The second-order valence-electron chi connectivity index (χ2n) is 5.05. The van der Waals surface area contributed by atoms with E-state index in [-0.39, 0.29) is 5.69 Å². The van der Waals surface area contributed by atoms with Crippen molar-refractivity contribution in [2.75, 3.05) is 0 Å². The molecule has 108 valence electrons. The Bertz CT molecular complexity index is 904. The minimum Gasteiger partial charge on any atom is -0.284 e. The number of nitriles is 1. The van der Waals surface area contributed by atoms with Gasteiger partial charge in [-0.3, -0.25) is 14.5 Å². The summed E-state index contributed by atoms with van der Waals surface area (Å²) >= 11 is 0. The number of aromatic nitrogens is 2. The normalized spacial score (nSPS) is 10.5. The van der Waals surface area contributed by atoms with Crippen molar-refractivity contribution in [2.45, 2.75) is 13.3 Å². The molecule has 0 aliphatic heterocycles. The highest BCUT2D eigenvalue weighted by molar-refractivity contribution is 5.51. The Labute approximate surface area is 126 Å². The van der Waals surface area contributed by atoms with Gasteiger partial charge in [0, 0.05) is 12.5 Å². The number of imidazole rings is 1. The monoisotopic (exact) mass is 292 g/mol. The van der Waals surface area contributed by atoms with Crippen LogP contribution in [0.3, 0.4) is 0 Å². The summed E-state index contributed by atoms with van der Waals surface area (Å²) in [7, 11) is 0. The minimum atomic E-state index is -0.486. The lowest BCUT2D eigenvalue weighted by atomic mass is 10.1. The molecule has 0 unspecified atom stereocenters. The Morgan fingerprint density at radius 1 is 1.27 bits per heavy atom. The van der Waals surface area contributed by atoms with E-state index in [1.165, 1.54) is 16.7 Å². The molecule has 3 aromatic rings. The van der Waals surface area contributed by atoms with Crippen molar-refractivity contribution in [3.63, 3.8) is 0 Å². The predicted octanol–water partition coefficient (Wildman–Crippen LogP) is 3.01. The second kappa shape index (κ2) is 5.30. The van der Waals surface area contributed by atoms with Gasteiger partial charge >= 0.3 is 0 Å². The molecule has 6 heteroatoms. The van der Waals surface area contributed by atoms with Gasteiger partial charge in [-0.2, -0.15) is 5.26 Å². The van der Waals surface area contributed by atoms with Crippen LogP contribution in [0.5, 0.6) is 0 Å². The molecule has 0 aliphatic carbocycles. The van der Waals surface area contributed by atoms with Gasteiger partial charge in [0.05, 0.1) is 16.8 Å². The Hall–Kier alpha value is -3.20. The van der Waals surface area contributed by atoms with Gasteiger partial charge in [-0.05, 0) is 18.6 Å². The predicted molar refractivity (Wildman–Crippen MR) is 80.5 cm³/mol. The van der Waals surface area contributed by atoms with Gasteiger partial charge in [-0.25, -0.2) is 4.98 Å². The first-order chi connectivity index (χ1) is 10.6. The molecule has 0 bridgehead atoms. The van der Waals surface area contributed by atoms with E-state index in [9.17, 15) is 15.4 Å². The SMILES string of the molecule is Cc1ccc(Cc2nc3ccc([N+](=O)[O-])cn3c2C#N)cc1. The molecule has 6 nitrogen and oxygen atoms in total. The standard InChI is InChI=1S/C16H12N4O2/c1-11-2-4-12(5-3-11)8-14-15(9-17)19-10-13(20(21)22)6-7-16(19)18-14/h2-7,10H,8H2,1H3. The summed E-state index contributed by atoms with van der Waals surface area (Å²) in [6.07, 6.45) is 1.85. The molecule has 0 saturated carbocycles. The topological polar surface area (TPSA) is 84.2 Å². The van der Waals surface area contributed by atoms with Crippen molar-refractivity contribution in [1.29, 1.82) is 5.26 Å². The molecule has 0 amide bonds. The number of hydrogen-bond donors (Lipinski definition) is 0. The first kappa shape index (κ1) is 13.8. The third-order valence-corrected chi connectivity index (χ3v) is 3.48. The Kier molecular flexibility index (Phi) is 3.31. The van der Waals surface area contributed by atoms with E-state index < -0.39 is 4.92 Å². The number of benzene rings is 1. The maximum atomic E-state index is 10.9. The van der Waals surface area contributed by atoms with E-state index in [2.05, 4.69) is 11.1 Å². The zero-order chi connectivity index (χ0) is 15.7. The Balaban J connectivity index is 2.08. The highest BCUT2D eigenvalue weighted by Gasteiger charge is 2.15. The van der Waals surface area contributed by atoms with Gasteiger partial charge in [0.25, 0.3) is 5.69 Å². The number of aryl methyl sites for hydroxylation is 1. The molecule has 0 atom stereocenters. The number of hydrogen-bond acceptors (Lipinski definition) is 4. The van der Waals surface area contributed by atoms with E-state index in [0.717, 1.165) is 11.1 Å². The quantitative estimate of drug-likeness (QED) is 0.548. The van der Waals surface area contributed by atoms with E-state index >= 15 is 0 Å². The fraction of sp³-hybridized carbons (Fsp3) is 0.125. The van der Waals surface area contributed by atoms with Crippen LogP contribution in [0.4, 0.5) is 5.69 Å². The number of pyridine rings is 1. The Morgan fingerprint density at radius 2 is 2.00 bits per heavy atom. The van der Waals surface area contributed by atoms with Crippen molar-refractivity contribution in [3.8, 4) is 6.07 Å². The molecule has 0 saturated heterocycles. The van der Waals surface area contributed by atoms with Gasteiger partial charge in [-0.1, -0.05) is 29.8 Å². The van der Waals surface area contributed by atoms with Crippen molar-refractivity contribution in [3.05, 3.63) is 75.2 Å². The molecule has 3 rings (SSSR count). The molecule has 22 heavy (non-hydrogen) atoms. The number of rotatable bonds is 3. The summed E-state index contributed by atoms with van der Waals surface area (Å²) in [6, 6.07) is 13.0. The molecule has 1 aromatic carbocycles. The lowest BCUT2D eigenvalue weighted by molar-refractivity contribution is -0.385. The molecule has 2 aromatic heterocycles. The zero-order valence-corrected chi connectivity index (χ0v) is 11.9. The highest BCUT2D eigenvalue weighted by Crippen LogP contribution is 2.19. The molecule has 0 N–H and O–H groups in total. The molecule has 0 fully saturated rings. The maximum Gasteiger partial charge on any atom is 0.286 e. The average Bonchev–Trinajstić information content (AvgIpc) is 2.85. The Morgan fingerprint density at radius 3 is 2.64 bits per heavy atom. The molecule has 0 radical (unpaired) electrons. The summed E-state index contributed by atoms with van der Waals surface area (Å²) in [4.78, 5) is 14.8. The summed E-state index contributed by atoms with van der Waals surface area (Å²) in [5.41, 5.74) is 3.62. The van der Waals surface area contributed by atoms with E-state index in [1.807, 2.05) is 31.2 Å². The van der Waals surface area contributed by atoms with Crippen LogP contribution in [0.15, 0.2) is 42.6 Å². The molecular weight excluding hydrogens is 280 g/mol. The second-order valence-corrected chi connectivity index (χ2v) is 5.05. The summed E-state index contributed by atoms with van der Waals surface area (Å²) in [5.74, 6) is 0. The van der Waals surface area contributed by atoms with Crippen molar-refractivity contribution in [2.24, 2.45) is 0 Å². The number of nitro groups is 1. The lowest BCUT2D eigenvalue weighted by Crippen LogP contribution is -1.95. The van der Waals surface area contributed by atoms with E-state index in [1.54, 1.807) is 6.07 Å². The lowest BCUT2D eigenvalue weighted by Gasteiger charge is -2.00. The van der Waals surface area contributed by atoms with Crippen LogP contribution in [-0.4, -0.2) is 14.3 Å². The van der Waals surface area contributed by atoms with Crippen LogP contribution in [0.1, 0.15) is 22.5 Å². The van der Waals surface area contributed by atoms with Crippen molar-refractivity contribution in [1.82, 2.24) is 9.38 Å².